The minimum Gasteiger partial charge on any atom is -0.0930 e. The molecule has 0 aliphatic heterocycles. The van der Waals surface area contributed by atoms with Crippen LogP contribution in [0, 0.1) is 0 Å². The average molecular weight is 244 g/mol. The van der Waals surface area contributed by atoms with E-state index in [1.807, 2.05) is 36.4 Å². The summed E-state index contributed by atoms with van der Waals surface area (Å²) in [6.45, 7) is 0. The van der Waals surface area contributed by atoms with Crippen molar-refractivity contribution in [3.63, 3.8) is 0 Å². The highest BCUT2D eigenvalue weighted by Gasteiger charge is 1.86. The maximum Gasteiger partial charge on any atom is 0.0181 e. The van der Waals surface area contributed by atoms with Gasteiger partial charge in [0.2, 0.25) is 0 Å². The van der Waals surface area contributed by atoms with Crippen molar-refractivity contribution >= 4 is 33.6 Å². The molecule has 0 nitrogen and oxygen atoms in total. The molecule has 0 amide bonds. The second kappa shape index (κ2) is 5.18. The number of allylic oxidation sites excluding steroid dienone is 2. The lowest BCUT2D eigenvalue weighted by atomic mass is 10.2. The highest BCUT2D eigenvalue weighted by molar-refractivity contribution is 9.10. The summed E-state index contributed by atoms with van der Waals surface area (Å²) >= 11 is 8.75. The van der Waals surface area contributed by atoms with E-state index in [2.05, 4.69) is 15.9 Å². The van der Waals surface area contributed by atoms with Crippen molar-refractivity contribution in [1.29, 1.82) is 0 Å². The second-order valence-corrected chi connectivity index (χ2v) is 3.40. The number of hydrogen-bond acceptors (Lipinski definition) is 0. The van der Waals surface area contributed by atoms with Gasteiger partial charge in [-0.15, -0.1) is 0 Å². The van der Waals surface area contributed by atoms with Gasteiger partial charge in [0, 0.05) is 10.0 Å². The number of rotatable bonds is 2. The third kappa shape index (κ3) is 3.24. The van der Waals surface area contributed by atoms with Crippen molar-refractivity contribution in [2.24, 2.45) is 0 Å². The Hall–Kier alpha value is -0.530. The van der Waals surface area contributed by atoms with Gasteiger partial charge < -0.3 is 0 Å². The Morgan fingerprint density at radius 1 is 1.25 bits per heavy atom. The molecular formula is C10H8BrCl. The van der Waals surface area contributed by atoms with E-state index in [-0.39, 0.29) is 0 Å². The summed E-state index contributed by atoms with van der Waals surface area (Å²) in [7, 11) is 0. The van der Waals surface area contributed by atoms with Crippen molar-refractivity contribution in [2.75, 3.05) is 0 Å². The normalized spacial score (nSPS) is 11.5. The monoisotopic (exact) mass is 242 g/mol. The van der Waals surface area contributed by atoms with E-state index in [9.17, 15) is 0 Å². The van der Waals surface area contributed by atoms with E-state index in [0.717, 1.165) is 10.0 Å². The fourth-order valence-corrected chi connectivity index (χ4v) is 1.32. The molecular weight excluding hydrogens is 235 g/mol. The zero-order chi connectivity index (χ0) is 8.81. The van der Waals surface area contributed by atoms with Crippen molar-refractivity contribution < 1.29 is 0 Å². The fourth-order valence-electron chi connectivity index (χ4n) is 0.819. The van der Waals surface area contributed by atoms with E-state index in [0.29, 0.717) is 0 Å². The molecule has 0 saturated heterocycles. The molecule has 0 N–H and O–H groups in total. The van der Waals surface area contributed by atoms with Crippen molar-refractivity contribution in [3.05, 3.63) is 52.0 Å². The maximum atomic E-state index is 5.36. The smallest absolute Gasteiger partial charge is 0.0181 e. The van der Waals surface area contributed by atoms with Crippen LogP contribution in [0.5, 0.6) is 0 Å². The van der Waals surface area contributed by atoms with Gasteiger partial charge in [-0.05, 0) is 17.7 Å². The first kappa shape index (κ1) is 9.56. The lowest BCUT2D eigenvalue weighted by molar-refractivity contribution is 1.61. The first-order chi connectivity index (χ1) is 5.83. The highest BCUT2D eigenvalue weighted by atomic mass is 79.9. The SMILES string of the molecule is Cl/C=C/C=C/c1cccc(Br)c1. The van der Waals surface area contributed by atoms with Gasteiger partial charge in [0.15, 0.2) is 0 Å². The van der Waals surface area contributed by atoms with Gasteiger partial charge in [-0.25, -0.2) is 0 Å². The standard InChI is InChI=1S/C10H8BrCl/c11-10-6-3-5-9(8-10)4-1-2-7-12/h1-8H/b4-1+,7-2+. The Kier molecular flexibility index (Phi) is 4.12. The maximum absolute atomic E-state index is 5.36. The molecule has 1 aromatic carbocycles. The van der Waals surface area contributed by atoms with Gasteiger partial charge in [0.05, 0.1) is 0 Å². The summed E-state index contributed by atoms with van der Waals surface area (Å²) < 4.78 is 1.08. The molecule has 0 unspecified atom stereocenters. The molecule has 12 heavy (non-hydrogen) atoms. The predicted molar refractivity (Wildman–Crippen MR) is 58.2 cm³/mol. The van der Waals surface area contributed by atoms with Gasteiger partial charge >= 0.3 is 0 Å². The van der Waals surface area contributed by atoms with E-state index < -0.39 is 0 Å². The summed E-state index contributed by atoms with van der Waals surface area (Å²) in [5.74, 6) is 0. The van der Waals surface area contributed by atoms with Crippen LogP contribution in [0.25, 0.3) is 6.08 Å². The molecule has 2 heteroatoms. The van der Waals surface area contributed by atoms with Crippen molar-refractivity contribution in [3.8, 4) is 0 Å². The van der Waals surface area contributed by atoms with Crippen LogP contribution >= 0.6 is 27.5 Å². The van der Waals surface area contributed by atoms with Gasteiger partial charge in [-0.1, -0.05) is 57.9 Å². The number of halogens is 2. The van der Waals surface area contributed by atoms with Gasteiger partial charge in [0.1, 0.15) is 0 Å². The molecule has 0 aliphatic carbocycles. The van der Waals surface area contributed by atoms with Crippen LogP contribution in [-0.4, -0.2) is 0 Å². The van der Waals surface area contributed by atoms with Crippen LogP contribution < -0.4 is 0 Å². The van der Waals surface area contributed by atoms with E-state index in [1.54, 1.807) is 6.08 Å². The topological polar surface area (TPSA) is 0 Å². The largest absolute Gasteiger partial charge is 0.0930 e. The molecule has 0 atom stereocenters. The van der Waals surface area contributed by atoms with Crippen molar-refractivity contribution in [2.45, 2.75) is 0 Å². The molecule has 0 bridgehead atoms. The molecule has 0 spiro atoms. The van der Waals surface area contributed by atoms with E-state index in [4.69, 9.17) is 11.6 Å². The first-order valence-corrected chi connectivity index (χ1v) is 4.75. The van der Waals surface area contributed by atoms with Crippen LogP contribution in [0.2, 0.25) is 0 Å². The van der Waals surface area contributed by atoms with Crippen LogP contribution in [0.3, 0.4) is 0 Å². The number of benzene rings is 1. The Bertz CT molecular complexity index is 302. The number of hydrogen-bond donors (Lipinski definition) is 0. The third-order valence-electron chi connectivity index (χ3n) is 1.32. The van der Waals surface area contributed by atoms with Gasteiger partial charge in [-0.3, -0.25) is 0 Å². The van der Waals surface area contributed by atoms with Crippen LogP contribution in [0.4, 0.5) is 0 Å². The molecule has 62 valence electrons. The minimum atomic E-state index is 1.08. The average Bonchev–Trinajstić information content (AvgIpc) is 2.05. The molecule has 0 heterocycles. The quantitative estimate of drug-likeness (QED) is 0.683. The molecule has 0 saturated carbocycles. The summed E-state index contributed by atoms with van der Waals surface area (Å²) in [5.41, 5.74) is 2.63. The zero-order valence-corrected chi connectivity index (χ0v) is 8.72. The molecule has 0 radical (unpaired) electrons. The molecule has 0 aromatic heterocycles. The van der Waals surface area contributed by atoms with Gasteiger partial charge in [-0.2, -0.15) is 0 Å². The Morgan fingerprint density at radius 2 is 2.08 bits per heavy atom. The van der Waals surface area contributed by atoms with E-state index in [1.165, 1.54) is 5.54 Å². The first-order valence-electron chi connectivity index (χ1n) is 3.52. The lowest BCUT2D eigenvalue weighted by Gasteiger charge is -1.92. The second-order valence-electron chi connectivity index (χ2n) is 2.23. The molecule has 1 rings (SSSR count). The molecule has 0 aliphatic rings. The molecule has 0 fully saturated rings. The zero-order valence-electron chi connectivity index (χ0n) is 6.37. The summed E-state index contributed by atoms with van der Waals surface area (Å²) in [6, 6.07) is 8.06. The van der Waals surface area contributed by atoms with Gasteiger partial charge in [0.25, 0.3) is 0 Å². The Balaban J connectivity index is 2.76. The summed E-state index contributed by atoms with van der Waals surface area (Å²) in [6.07, 6.45) is 5.67. The molecule has 1 aromatic rings. The Morgan fingerprint density at radius 3 is 2.75 bits per heavy atom. The summed E-state index contributed by atoms with van der Waals surface area (Å²) in [4.78, 5) is 0. The Labute approximate surface area is 85.7 Å². The van der Waals surface area contributed by atoms with Crippen molar-refractivity contribution in [1.82, 2.24) is 0 Å². The summed E-state index contributed by atoms with van der Waals surface area (Å²) in [5, 5.41) is 0. The minimum absolute atomic E-state index is 1.08. The van der Waals surface area contributed by atoms with Crippen LogP contribution in [0.1, 0.15) is 5.56 Å². The highest BCUT2D eigenvalue weighted by Crippen LogP contribution is 2.12. The predicted octanol–water partition coefficient (Wildman–Crippen LogP) is 4.21. The fraction of sp³-hybridized carbons (Fsp3) is 0. The van der Waals surface area contributed by atoms with E-state index >= 15 is 0 Å². The lowest BCUT2D eigenvalue weighted by Crippen LogP contribution is -1.69. The third-order valence-corrected chi connectivity index (χ3v) is 1.96. The van der Waals surface area contributed by atoms with Crippen LogP contribution in [-0.2, 0) is 0 Å². The van der Waals surface area contributed by atoms with Crippen LogP contribution in [0.15, 0.2) is 46.4 Å².